The van der Waals surface area contributed by atoms with Crippen molar-refractivity contribution in [1.82, 2.24) is 4.98 Å². The van der Waals surface area contributed by atoms with Crippen molar-refractivity contribution in [3.05, 3.63) is 16.1 Å². The third-order valence-corrected chi connectivity index (χ3v) is 2.49. The molecule has 0 unspecified atom stereocenters. The van der Waals surface area contributed by atoms with Gasteiger partial charge < -0.3 is 9.84 Å². The van der Waals surface area contributed by atoms with E-state index in [-0.39, 0.29) is 6.42 Å². The average Bonchev–Trinajstić information content (AvgIpc) is 2.50. The van der Waals surface area contributed by atoms with E-state index in [1.807, 2.05) is 0 Å². The summed E-state index contributed by atoms with van der Waals surface area (Å²) in [5, 5.41) is 9.34. The normalized spacial score (nSPS) is 10.2. The largest absolute Gasteiger partial charge is 0.481 e. The van der Waals surface area contributed by atoms with Crippen LogP contribution in [0.1, 0.15) is 16.3 Å². The number of methoxy groups -OCH3 is 1. The Labute approximate surface area is 80.2 Å². The van der Waals surface area contributed by atoms with Gasteiger partial charge in [-0.1, -0.05) is 0 Å². The van der Waals surface area contributed by atoms with Gasteiger partial charge in [0.2, 0.25) is 0 Å². The second kappa shape index (κ2) is 4.94. The standard InChI is InChI=1S/C8H11NO3S/c1-12-5-7-9-4-6(13-7)2-3-8(10)11/h4H,2-3,5H2,1H3,(H,10,11). The van der Waals surface area contributed by atoms with Crippen LogP contribution in [0, 0.1) is 0 Å². The molecule has 0 amide bonds. The zero-order valence-electron chi connectivity index (χ0n) is 7.32. The fraction of sp³-hybridized carbons (Fsp3) is 0.500. The van der Waals surface area contributed by atoms with Crippen LogP contribution in [-0.4, -0.2) is 23.2 Å². The van der Waals surface area contributed by atoms with Gasteiger partial charge >= 0.3 is 5.97 Å². The molecule has 0 radical (unpaired) electrons. The number of aromatic nitrogens is 1. The molecule has 0 aromatic carbocycles. The highest BCUT2D eigenvalue weighted by Crippen LogP contribution is 2.15. The first-order valence-corrected chi connectivity index (χ1v) is 4.68. The van der Waals surface area contributed by atoms with Gasteiger partial charge in [0.25, 0.3) is 0 Å². The summed E-state index contributed by atoms with van der Waals surface area (Å²) in [5.74, 6) is -0.776. The van der Waals surface area contributed by atoms with E-state index in [0.717, 1.165) is 9.88 Å². The van der Waals surface area contributed by atoms with Gasteiger partial charge in [-0.25, -0.2) is 4.98 Å². The summed E-state index contributed by atoms with van der Waals surface area (Å²) in [4.78, 5) is 15.3. The molecule has 1 N–H and O–H groups in total. The van der Waals surface area contributed by atoms with Gasteiger partial charge in [-0.3, -0.25) is 4.79 Å². The molecule has 0 aliphatic carbocycles. The number of hydrogen-bond acceptors (Lipinski definition) is 4. The Kier molecular flexibility index (Phi) is 3.85. The van der Waals surface area contributed by atoms with Crippen molar-refractivity contribution in [3.63, 3.8) is 0 Å². The molecule has 0 atom stereocenters. The summed E-state index contributed by atoms with van der Waals surface area (Å²) in [7, 11) is 1.61. The highest BCUT2D eigenvalue weighted by atomic mass is 32.1. The minimum Gasteiger partial charge on any atom is -0.481 e. The molecule has 72 valence electrons. The van der Waals surface area contributed by atoms with Gasteiger partial charge in [-0.05, 0) is 6.42 Å². The minimum atomic E-state index is -0.776. The van der Waals surface area contributed by atoms with Crippen molar-refractivity contribution in [2.24, 2.45) is 0 Å². The predicted octanol–water partition coefficient (Wildman–Crippen LogP) is 1.31. The highest BCUT2D eigenvalue weighted by molar-refractivity contribution is 7.11. The van der Waals surface area contributed by atoms with Gasteiger partial charge in [-0.2, -0.15) is 0 Å². The first-order valence-electron chi connectivity index (χ1n) is 3.86. The first-order chi connectivity index (χ1) is 6.22. The Morgan fingerprint density at radius 2 is 2.54 bits per heavy atom. The zero-order valence-corrected chi connectivity index (χ0v) is 8.13. The summed E-state index contributed by atoms with van der Waals surface area (Å²) in [6, 6.07) is 0. The maximum Gasteiger partial charge on any atom is 0.303 e. The SMILES string of the molecule is COCc1ncc(CCC(=O)O)s1. The van der Waals surface area contributed by atoms with Gasteiger partial charge in [0.1, 0.15) is 5.01 Å². The number of carboxylic acids is 1. The molecule has 0 aliphatic heterocycles. The number of ether oxygens (including phenoxy) is 1. The molecule has 0 spiro atoms. The Morgan fingerprint density at radius 3 is 3.15 bits per heavy atom. The van der Waals surface area contributed by atoms with Crippen LogP contribution >= 0.6 is 11.3 Å². The monoisotopic (exact) mass is 201 g/mol. The Hall–Kier alpha value is -0.940. The molecule has 5 heteroatoms. The second-order valence-electron chi connectivity index (χ2n) is 2.55. The summed E-state index contributed by atoms with van der Waals surface area (Å²) in [6.07, 6.45) is 2.42. The summed E-state index contributed by atoms with van der Waals surface area (Å²) < 4.78 is 4.90. The van der Waals surface area contributed by atoms with Crippen molar-refractivity contribution < 1.29 is 14.6 Å². The number of carboxylic acid groups (broad SMARTS) is 1. The molecular weight excluding hydrogens is 190 g/mol. The number of rotatable bonds is 5. The molecule has 0 bridgehead atoms. The average molecular weight is 201 g/mol. The van der Waals surface area contributed by atoms with E-state index in [1.54, 1.807) is 13.3 Å². The van der Waals surface area contributed by atoms with Crippen LogP contribution in [0.4, 0.5) is 0 Å². The minimum absolute atomic E-state index is 0.161. The van der Waals surface area contributed by atoms with Crippen LogP contribution in [0.15, 0.2) is 6.20 Å². The number of nitrogens with zero attached hydrogens (tertiary/aromatic N) is 1. The van der Waals surface area contributed by atoms with E-state index in [2.05, 4.69) is 4.98 Å². The molecule has 1 rings (SSSR count). The van der Waals surface area contributed by atoms with E-state index in [4.69, 9.17) is 9.84 Å². The maximum atomic E-state index is 10.3. The molecule has 0 saturated heterocycles. The molecule has 0 saturated carbocycles. The van der Waals surface area contributed by atoms with E-state index in [9.17, 15) is 4.79 Å². The topological polar surface area (TPSA) is 59.4 Å². The van der Waals surface area contributed by atoms with Crippen LogP contribution in [0.5, 0.6) is 0 Å². The van der Waals surface area contributed by atoms with Crippen LogP contribution < -0.4 is 0 Å². The van der Waals surface area contributed by atoms with Gasteiger partial charge in [0, 0.05) is 18.2 Å². The Balaban J connectivity index is 2.44. The lowest BCUT2D eigenvalue weighted by Gasteiger charge is -1.91. The molecule has 0 fully saturated rings. The lowest BCUT2D eigenvalue weighted by atomic mass is 10.3. The summed E-state index contributed by atoms with van der Waals surface area (Å²) >= 11 is 1.50. The lowest BCUT2D eigenvalue weighted by Crippen LogP contribution is -1.95. The number of aryl methyl sites for hydroxylation is 1. The number of thiazole rings is 1. The first kappa shape index (κ1) is 10.1. The van der Waals surface area contributed by atoms with E-state index in [1.165, 1.54) is 11.3 Å². The van der Waals surface area contributed by atoms with Crippen molar-refractivity contribution in [3.8, 4) is 0 Å². The van der Waals surface area contributed by atoms with Crippen LogP contribution in [0.3, 0.4) is 0 Å². The van der Waals surface area contributed by atoms with Crippen molar-refractivity contribution >= 4 is 17.3 Å². The molecule has 4 nitrogen and oxygen atoms in total. The van der Waals surface area contributed by atoms with Gasteiger partial charge in [0.05, 0.1) is 13.0 Å². The maximum absolute atomic E-state index is 10.3. The molecular formula is C8H11NO3S. The third-order valence-electron chi connectivity index (χ3n) is 1.45. The number of carbonyl (C=O) groups is 1. The molecule has 1 aromatic rings. The van der Waals surface area contributed by atoms with Crippen LogP contribution in [0.2, 0.25) is 0 Å². The molecule has 0 aliphatic rings. The summed E-state index contributed by atoms with van der Waals surface area (Å²) in [5.41, 5.74) is 0. The predicted molar refractivity (Wildman–Crippen MR) is 48.8 cm³/mol. The van der Waals surface area contributed by atoms with E-state index in [0.29, 0.717) is 13.0 Å². The molecule has 13 heavy (non-hydrogen) atoms. The smallest absolute Gasteiger partial charge is 0.303 e. The van der Waals surface area contributed by atoms with Crippen molar-refractivity contribution in [1.29, 1.82) is 0 Å². The fourth-order valence-electron chi connectivity index (χ4n) is 0.884. The van der Waals surface area contributed by atoms with Crippen molar-refractivity contribution in [2.75, 3.05) is 7.11 Å². The Morgan fingerprint density at radius 1 is 1.77 bits per heavy atom. The Bertz CT molecular complexity index is 285. The van der Waals surface area contributed by atoms with Gasteiger partial charge in [-0.15, -0.1) is 11.3 Å². The number of hydrogen-bond donors (Lipinski definition) is 1. The van der Waals surface area contributed by atoms with Crippen LogP contribution in [0.25, 0.3) is 0 Å². The fourth-order valence-corrected chi connectivity index (χ4v) is 1.78. The third kappa shape index (κ3) is 3.52. The second-order valence-corrected chi connectivity index (χ2v) is 3.75. The number of aliphatic carboxylic acids is 1. The lowest BCUT2D eigenvalue weighted by molar-refractivity contribution is -0.136. The molecule has 1 heterocycles. The van der Waals surface area contributed by atoms with Crippen molar-refractivity contribution in [2.45, 2.75) is 19.4 Å². The quantitative estimate of drug-likeness (QED) is 0.780. The van der Waals surface area contributed by atoms with E-state index < -0.39 is 5.97 Å². The zero-order chi connectivity index (χ0) is 9.68. The highest BCUT2D eigenvalue weighted by Gasteiger charge is 2.03. The summed E-state index contributed by atoms with van der Waals surface area (Å²) in [6.45, 7) is 0.498. The van der Waals surface area contributed by atoms with E-state index >= 15 is 0 Å². The van der Waals surface area contributed by atoms with Gasteiger partial charge in [0.15, 0.2) is 0 Å². The van der Waals surface area contributed by atoms with Crippen LogP contribution in [-0.2, 0) is 22.6 Å². The molecule has 1 aromatic heterocycles.